The lowest BCUT2D eigenvalue weighted by Crippen LogP contribution is -2.38. The van der Waals surface area contributed by atoms with E-state index < -0.39 is 0 Å². The highest BCUT2D eigenvalue weighted by Gasteiger charge is 2.40. The number of hydrogen-bond acceptors (Lipinski definition) is 4. The van der Waals surface area contributed by atoms with Gasteiger partial charge in [-0.3, -0.25) is 9.48 Å². The highest BCUT2D eigenvalue weighted by Crippen LogP contribution is 2.37. The van der Waals surface area contributed by atoms with Crippen LogP contribution in [0.1, 0.15) is 35.9 Å². The Morgan fingerprint density at radius 3 is 2.73 bits per heavy atom. The van der Waals surface area contributed by atoms with Gasteiger partial charge in [0.1, 0.15) is 5.75 Å². The predicted octanol–water partition coefficient (Wildman–Crippen LogP) is 2.10. The van der Waals surface area contributed by atoms with Crippen LogP contribution in [0, 0.1) is 5.92 Å². The lowest BCUT2D eigenvalue weighted by Gasteiger charge is -2.29. The third-order valence-electron chi connectivity index (χ3n) is 5.72. The molecule has 0 aliphatic carbocycles. The van der Waals surface area contributed by atoms with Crippen molar-refractivity contribution in [3.8, 4) is 5.75 Å². The molecule has 0 spiro atoms. The lowest BCUT2D eigenvalue weighted by atomic mass is 9.89. The second kappa shape index (κ2) is 7.11. The molecule has 4 rings (SSSR count). The van der Waals surface area contributed by atoms with Gasteiger partial charge < -0.3 is 15.0 Å². The van der Waals surface area contributed by atoms with Crippen LogP contribution in [0.25, 0.3) is 0 Å². The number of likely N-dealkylation sites (tertiary alicyclic amines) is 1. The normalized spacial score (nSPS) is 25.6. The Bertz CT molecular complexity index is 770. The topological polar surface area (TPSA) is 59.4 Å². The first-order valence-corrected chi connectivity index (χ1v) is 9.31. The first kappa shape index (κ1) is 17.1. The van der Waals surface area contributed by atoms with Crippen molar-refractivity contribution in [2.45, 2.75) is 24.8 Å². The number of methoxy groups -OCH3 is 1. The highest BCUT2D eigenvalue weighted by atomic mass is 16.5. The summed E-state index contributed by atoms with van der Waals surface area (Å²) >= 11 is 0. The third kappa shape index (κ3) is 3.09. The number of carbonyl (C=O) groups is 1. The summed E-state index contributed by atoms with van der Waals surface area (Å²) in [5, 5.41) is 7.69. The van der Waals surface area contributed by atoms with Gasteiger partial charge in [0.05, 0.1) is 25.3 Å². The van der Waals surface area contributed by atoms with Gasteiger partial charge in [0, 0.05) is 38.8 Å². The van der Waals surface area contributed by atoms with Gasteiger partial charge in [-0.1, -0.05) is 12.1 Å². The lowest BCUT2D eigenvalue weighted by molar-refractivity contribution is -0.136. The maximum atomic E-state index is 13.4. The minimum Gasteiger partial charge on any atom is -0.497 e. The van der Waals surface area contributed by atoms with E-state index >= 15 is 0 Å². The zero-order valence-electron chi connectivity index (χ0n) is 15.4. The van der Waals surface area contributed by atoms with Crippen molar-refractivity contribution >= 4 is 5.91 Å². The Hall–Kier alpha value is -2.34. The van der Waals surface area contributed by atoms with E-state index in [2.05, 4.69) is 27.4 Å². The van der Waals surface area contributed by atoms with E-state index in [1.165, 1.54) is 5.56 Å². The van der Waals surface area contributed by atoms with Crippen LogP contribution in [0.3, 0.4) is 0 Å². The van der Waals surface area contributed by atoms with Crippen LogP contribution in [0.5, 0.6) is 5.75 Å². The van der Waals surface area contributed by atoms with Gasteiger partial charge in [0.15, 0.2) is 0 Å². The van der Waals surface area contributed by atoms with E-state index in [4.69, 9.17) is 4.74 Å². The zero-order valence-corrected chi connectivity index (χ0v) is 15.4. The summed E-state index contributed by atoms with van der Waals surface area (Å²) in [6, 6.07) is 8.29. The van der Waals surface area contributed by atoms with E-state index in [1.54, 1.807) is 7.11 Å². The molecule has 0 radical (unpaired) electrons. The molecule has 26 heavy (non-hydrogen) atoms. The number of aromatic nitrogens is 2. The van der Waals surface area contributed by atoms with Crippen LogP contribution in [-0.4, -0.2) is 47.3 Å². The number of ether oxygens (including phenoxy) is 1. The Labute approximate surface area is 154 Å². The fourth-order valence-electron chi connectivity index (χ4n) is 4.34. The van der Waals surface area contributed by atoms with Crippen molar-refractivity contribution < 1.29 is 9.53 Å². The Morgan fingerprint density at radius 1 is 1.23 bits per heavy atom. The van der Waals surface area contributed by atoms with Crippen LogP contribution < -0.4 is 10.1 Å². The van der Waals surface area contributed by atoms with Gasteiger partial charge in [-0.15, -0.1) is 0 Å². The van der Waals surface area contributed by atoms with Gasteiger partial charge >= 0.3 is 0 Å². The molecule has 1 aromatic carbocycles. The molecule has 0 bridgehead atoms. The van der Waals surface area contributed by atoms with Gasteiger partial charge in [0.25, 0.3) is 0 Å². The van der Waals surface area contributed by atoms with Gasteiger partial charge in [-0.05, 0) is 36.1 Å². The molecule has 2 saturated heterocycles. The Balaban J connectivity index is 1.54. The van der Waals surface area contributed by atoms with Crippen LogP contribution in [0.2, 0.25) is 0 Å². The maximum absolute atomic E-state index is 13.4. The second-order valence-corrected chi connectivity index (χ2v) is 7.28. The SMILES string of the molecule is COc1ccc(C2CCCN2C(=O)[C@H]2CNC[C@@H]2c2cnn(C)c2)cc1. The molecular formula is C20H26N4O2. The fourth-order valence-corrected chi connectivity index (χ4v) is 4.34. The molecular weight excluding hydrogens is 328 g/mol. The van der Waals surface area contributed by atoms with E-state index in [0.717, 1.165) is 43.8 Å². The molecule has 1 N–H and O–H groups in total. The molecule has 2 fully saturated rings. The maximum Gasteiger partial charge on any atom is 0.228 e. The van der Waals surface area contributed by atoms with E-state index in [9.17, 15) is 4.79 Å². The summed E-state index contributed by atoms with van der Waals surface area (Å²) in [6.45, 7) is 2.42. The smallest absolute Gasteiger partial charge is 0.228 e. The van der Waals surface area contributed by atoms with Crippen molar-refractivity contribution in [1.29, 1.82) is 0 Å². The molecule has 1 aromatic heterocycles. The highest BCUT2D eigenvalue weighted by molar-refractivity contribution is 5.81. The van der Waals surface area contributed by atoms with Crippen molar-refractivity contribution in [3.05, 3.63) is 47.8 Å². The van der Waals surface area contributed by atoms with Gasteiger partial charge in [-0.2, -0.15) is 5.10 Å². The minimum absolute atomic E-state index is 0.0157. The molecule has 2 aliphatic rings. The van der Waals surface area contributed by atoms with Crippen LogP contribution >= 0.6 is 0 Å². The summed E-state index contributed by atoms with van der Waals surface area (Å²) in [4.78, 5) is 15.5. The van der Waals surface area contributed by atoms with Crippen LogP contribution in [-0.2, 0) is 11.8 Å². The average Bonchev–Trinajstić information content (AvgIpc) is 3.41. The number of amides is 1. The zero-order chi connectivity index (χ0) is 18.1. The number of aryl methyl sites for hydroxylation is 1. The molecule has 3 heterocycles. The monoisotopic (exact) mass is 354 g/mol. The van der Waals surface area contributed by atoms with Crippen LogP contribution in [0.15, 0.2) is 36.7 Å². The molecule has 1 unspecified atom stereocenters. The number of hydrogen-bond donors (Lipinski definition) is 1. The molecule has 2 aliphatic heterocycles. The van der Waals surface area contributed by atoms with Crippen molar-refractivity contribution in [2.24, 2.45) is 13.0 Å². The quantitative estimate of drug-likeness (QED) is 0.913. The number of nitrogens with zero attached hydrogens (tertiary/aromatic N) is 3. The third-order valence-corrected chi connectivity index (χ3v) is 5.72. The molecule has 1 amide bonds. The first-order valence-electron chi connectivity index (χ1n) is 9.31. The predicted molar refractivity (Wildman–Crippen MR) is 99.0 cm³/mol. The number of nitrogens with one attached hydrogen (secondary N) is 1. The fraction of sp³-hybridized carbons (Fsp3) is 0.500. The van der Waals surface area contributed by atoms with Gasteiger partial charge in [0.2, 0.25) is 5.91 Å². The second-order valence-electron chi connectivity index (χ2n) is 7.28. The largest absolute Gasteiger partial charge is 0.497 e. The van der Waals surface area contributed by atoms with Crippen LogP contribution in [0.4, 0.5) is 0 Å². The minimum atomic E-state index is -0.0157. The Morgan fingerprint density at radius 2 is 2.04 bits per heavy atom. The average molecular weight is 354 g/mol. The molecule has 6 nitrogen and oxygen atoms in total. The first-order chi connectivity index (χ1) is 12.7. The van der Waals surface area contributed by atoms with Crippen molar-refractivity contribution in [2.75, 3.05) is 26.7 Å². The summed E-state index contributed by atoms with van der Waals surface area (Å²) in [5.41, 5.74) is 2.34. The summed E-state index contributed by atoms with van der Waals surface area (Å²) < 4.78 is 7.07. The van der Waals surface area contributed by atoms with Gasteiger partial charge in [-0.25, -0.2) is 0 Å². The summed E-state index contributed by atoms with van der Waals surface area (Å²) in [6.07, 6.45) is 6.00. The summed E-state index contributed by atoms with van der Waals surface area (Å²) in [7, 11) is 3.59. The van der Waals surface area contributed by atoms with E-state index in [-0.39, 0.29) is 23.8 Å². The van der Waals surface area contributed by atoms with E-state index in [0.29, 0.717) is 0 Å². The van der Waals surface area contributed by atoms with Crippen molar-refractivity contribution in [3.63, 3.8) is 0 Å². The molecule has 0 saturated carbocycles. The standard InChI is InChI=1S/C20H26N4O2/c1-23-13-15(10-22-23)17-11-21-12-18(17)20(25)24-9-3-4-19(24)14-5-7-16(26-2)8-6-14/h5-8,10,13,17-19,21H,3-4,9,11-12H2,1-2H3/t17-,18+,19?/m1/s1. The molecule has 3 atom stereocenters. The number of rotatable bonds is 4. The molecule has 2 aromatic rings. The van der Waals surface area contributed by atoms with E-state index in [1.807, 2.05) is 36.3 Å². The number of carbonyl (C=O) groups excluding carboxylic acids is 1. The Kier molecular flexibility index (Phi) is 4.68. The van der Waals surface area contributed by atoms with Crippen molar-refractivity contribution in [1.82, 2.24) is 20.0 Å². The molecule has 138 valence electrons. The molecule has 6 heteroatoms. The summed E-state index contributed by atoms with van der Waals surface area (Å²) in [5.74, 6) is 1.30. The number of benzene rings is 1.